The number of ether oxygens (including phenoxy) is 1. The van der Waals surface area contributed by atoms with E-state index >= 15 is 0 Å². The summed E-state index contributed by atoms with van der Waals surface area (Å²) in [5, 5.41) is 10.3. The quantitative estimate of drug-likeness (QED) is 0.740. The van der Waals surface area contributed by atoms with E-state index < -0.39 is 0 Å². The molecule has 0 saturated heterocycles. The Bertz CT molecular complexity index is 212. The Kier molecular flexibility index (Phi) is 5.26. The first-order valence-electron chi connectivity index (χ1n) is 7.22. The fourth-order valence-corrected chi connectivity index (χ4v) is 2.98. The minimum absolute atomic E-state index is 0.118. The second-order valence-electron chi connectivity index (χ2n) is 5.68. The van der Waals surface area contributed by atoms with Crippen LogP contribution in [0.3, 0.4) is 0 Å². The maximum atomic E-state index is 10.3. The van der Waals surface area contributed by atoms with Crippen LogP contribution in [0.25, 0.3) is 0 Å². The van der Waals surface area contributed by atoms with Crippen molar-refractivity contribution in [3.05, 3.63) is 0 Å². The third-order valence-electron chi connectivity index (χ3n) is 4.26. The summed E-state index contributed by atoms with van der Waals surface area (Å²) < 4.78 is 5.15. The Hall–Kier alpha value is -0.120. The molecule has 2 saturated carbocycles. The first-order chi connectivity index (χ1) is 8.31. The molecule has 1 unspecified atom stereocenters. The van der Waals surface area contributed by atoms with E-state index in [1.807, 2.05) is 0 Å². The van der Waals surface area contributed by atoms with Crippen molar-refractivity contribution in [2.24, 2.45) is 5.92 Å². The number of nitrogens with zero attached hydrogens (tertiary/aromatic N) is 1. The highest BCUT2D eigenvalue weighted by molar-refractivity contribution is 4.87. The van der Waals surface area contributed by atoms with E-state index in [0.717, 1.165) is 25.7 Å². The van der Waals surface area contributed by atoms with Crippen LogP contribution in [0.2, 0.25) is 0 Å². The van der Waals surface area contributed by atoms with Gasteiger partial charge in [0.2, 0.25) is 0 Å². The predicted molar refractivity (Wildman–Crippen MR) is 69.1 cm³/mol. The van der Waals surface area contributed by atoms with Crippen molar-refractivity contribution in [2.75, 3.05) is 26.8 Å². The number of rotatable bonds is 7. The minimum Gasteiger partial charge on any atom is -0.392 e. The summed E-state index contributed by atoms with van der Waals surface area (Å²) in [7, 11) is 1.75. The number of methoxy groups -OCH3 is 1. The molecule has 2 fully saturated rings. The molecule has 0 heterocycles. The topological polar surface area (TPSA) is 32.7 Å². The Labute approximate surface area is 105 Å². The second kappa shape index (κ2) is 6.72. The van der Waals surface area contributed by atoms with Crippen LogP contribution < -0.4 is 0 Å². The van der Waals surface area contributed by atoms with Crippen LogP contribution in [0, 0.1) is 5.92 Å². The van der Waals surface area contributed by atoms with Gasteiger partial charge >= 0.3 is 0 Å². The standard InChI is InChI=1S/C14H27NO2/c1-17-10-9-15(13-7-8-13)11-14(16)12-5-3-2-4-6-12/h12-14,16H,2-11H2,1H3. The molecule has 1 N–H and O–H groups in total. The predicted octanol–water partition coefficient (Wildman–Crippen LogP) is 2.04. The molecule has 3 heteroatoms. The van der Waals surface area contributed by atoms with Crippen molar-refractivity contribution in [3.63, 3.8) is 0 Å². The van der Waals surface area contributed by atoms with Gasteiger partial charge < -0.3 is 9.84 Å². The number of aliphatic hydroxyl groups excluding tert-OH is 1. The van der Waals surface area contributed by atoms with Crippen molar-refractivity contribution >= 4 is 0 Å². The average Bonchev–Trinajstić information content (AvgIpc) is 3.19. The van der Waals surface area contributed by atoms with Crippen LogP contribution in [-0.2, 0) is 4.74 Å². The van der Waals surface area contributed by atoms with E-state index in [2.05, 4.69) is 4.90 Å². The molecule has 2 aliphatic rings. The van der Waals surface area contributed by atoms with Gasteiger partial charge in [0.05, 0.1) is 12.7 Å². The molecule has 2 aliphatic carbocycles. The third kappa shape index (κ3) is 4.23. The smallest absolute Gasteiger partial charge is 0.0695 e. The lowest BCUT2D eigenvalue weighted by atomic mass is 9.85. The summed E-state index contributed by atoms with van der Waals surface area (Å²) in [6, 6.07) is 0.725. The van der Waals surface area contributed by atoms with E-state index in [1.165, 1.54) is 44.9 Å². The fourth-order valence-electron chi connectivity index (χ4n) is 2.98. The highest BCUT2D eigenvalue weighted by Crippen LogP contribution is 2.30. The summed E-state index contributed by atoms with van der Waals surface area (Å²) in [6.07, 6.45) is 8.93. The Morgan fingerprint density at radius 3 is 2.47 bits per heavy atom. The van der Waals surface area contributed by atoms with Gasteiger partial charge in [0, 0.05) is 26.2 Å². The molecule has 1 atom stereocenters. The van der Waals surface area contributed by atoms with Crippen molar-refractivity contribution < 1.29 is 9.84 Å². The summed E-state index contributed by atoms with van der Waals surface area (Å²) in [5.74, 6) is 0.549. The molecule has 2 rings (SSSR count). The zero-order chi connectivity index (χ0) is 12.1. The normalized spacial score (nSPS) is 24.2. The summed E-state index contributed by atoms with van der Waals surface area (Å²) in [5.41, 5.74) is 0. The van der Waals surface area contributed by atoms with Crippen LogP contribution in [-0.4, -0.2) is 49.0 Å². The van der Waals surface area contributed by atoms with Crippen LogP contribution >= 0.6 is 0 Å². The molecule has 3 nitrogen and oxygen atoms in total. The van der Waals surface area contributed by atoms with E-state index in [-0.39, 0.29) is 6.10 Å². The van der Waals surface area contributed by atoms with Crippen LogP contribution in [0.4, 0.5) is 0 Å². The zero-order valence-electron chi connectivity index (χ0n) is 11.1. The first-order valence-corrected chi connectivity index (χ1v) is 7.22. The molecule has 0 bridgehead atoms. The molecule has 0 radical (unpaired) electrons. The number of hydrogen-bond acceptors (Lipinski definition) is 3. The molecule has 0 aromatic rings. The fraction of sp³-hybridized carbons (Fsp3) is 1.00. The molecule has 0 spiro atoms. The van der Waals surface area contributed by atoms with Gasteiger partial charge in [-0.15, -0.1) is 0 Å². The van der Waals surface area contributed by atoms with Gasteiger partial charge in [0.1, 0.15) is 0 Å². The van der Waals surface area contributed by atoms with Gasteiger partial charge in [-0.25, -0.2) is 0 Å². The van der Waals surface area contributed by atoms with E-state index in [0.29, 0.717) is 5.92 Å². The van der Waals surface area contributed by atoms with E-state index in [9.17, 15) is 5.11 Å². The van der Waals surface area contributed by atoms with Gasteiger partial charge in [0.25, 0.3) is 0 Å². The van der Waals surface area contributed by atoms with E-state index in [1.54, 1.807) is 7.11 Å². The Balaban J connectivity index is 1.75. The SMILES string of the molecule is COCCN(CC(O)C1CCCCC1)C1CC1. The molecule has 17 heavy (non-hydrogen) atoms. The van der Waals surface area contributed by atoms with Crippen molar-refractivity contribution in [1.29, 1.82) is 0 Å². The minimum atomic E-state index is -0.118. The van der Waals surface area contributed by atoms with Gasteiger partial charge in [-0.05, 0) is 31.6 Å². The lowest BCUT2D eigenvalue weighted by molar-refractivity contribution is 0.0361. The maximum absolute atomic E-state index is 10.3. The third-order valence-corrected chi connectivity index (χ3v) is 4.26. The molecule has 0 aromatic heterocycles. The first kappa shape index (κ1) is 13.3. The molecule has 100 valence electrons. The van der Waals surface area contributed by atoms with E-state index in [4.69, 9.17) is 4.74 Å². The number of hydrogen-bond donors (Lipinski definition) is 1. The van der Waals surface area contributed by atoms with Crippen molar-refractivity contribution in [1.82, 2.24) is 4.90 Å². The molecule has 0 amide bonds. The Morgan fingerprint density at radius 2 is 1.88 bits per heavy atom. The molecule has 0 aromatic carbocycles. The highest BCUT2D eigenvalue weighted by Gasteiger charge is 2.32. The lowest BCUT2D eigenvalue weighted by Gasteiger charge is -2.31. The largest absolute Gasteiger partial charge is 0.392 e. The average molecular weight is 241 g/mol. The van der Waals surface area contributed by atoms with Gasteiger partial charge in [-0.2, -0.15) is 0 Å². The van der Waals surface area contributed by atoms with Gasteiger partial charge in [-0.1, -0.05) is 19.3 Å². The van der Waals surface area contributed by atoms with Crippen molar-refractivity contribution in [3.8, 4) is 0 Å². The molecule has 0 aliphatic heterocycles. The Morgan fingerprint density at radius 1 is 1.18 bits per heavy atom. The van der Waals surface area contributed by atoms with Gasteiger partial charge in [0.15, 0.2) is 0 Å². The molecular weight excluding hydrogens is 214 g/mol. The lowest BCUT2D eigenvalue weighted by Crippen LogP contribution is -2.40. The highest BCUT2D eigenvalue weighted by atomic mass is 16.5. The molecular formula is C14H27NO2. The number of aliphatic hydroxyl groups is 1. The van der Waals surface area contributed by atoms with Crippen LogP contribution in [0.5, 0.6) is 0 Å². The van der Waals surface area contributed by atoms with Crippen LogP contribution in [0.15, 0.2) is 0 Å². The van der Waals surface area contributed by atoms with Gasteiger partial charge in [-0.3, -0.25) is 4.90 Å². The summed E-state index contributed by atoms with van der Waals surface area (Å²) >= 11 is 0. The van der Waals surface area contributed by atoms with Crippen LogP contribution in [0.1, 0.15) is 44.9 Å². The second-order valence-corrected chi connectivity index (χ2v) is 5.68. The zero-order valence-corrected chi connectivity index (χ0v) is 11.1. The summed E-state index contributed by atoms with van der Waals surface area (Å²) in [4.78, 5) is 2.43. The summed E-state index contributed by atoms with van der Waals surface area (Å²) in [6.45, 7) is 2.62. The monoisotopic (exact) mass is 241 g/mol. The van der Waals surface area contributed by atoms with Crippen molar-refractivity contribution in [2.45, 2.75) is 57.1 Å². The maximum Gasteiger partial charge on any atom is 0.0695 e.